The van der Waals surface area contributed by atoms with Crippen LogP contribution >= 0.6 is 11.6 Å². The molecule has 2 aromatic rings. The summed E-state index contributed by atoms with van der Waals surface area (Å²) in [6, 6.07) is 9.68. The van der Waals surface area contributed by atoms with Gasteiger partial charge in [-0.3, -0.25) is 14.8 Å². The second-order valence-electron chi connectivity index (χ2n) is 7.41. The number of nitrogens with one attached hydrogen (secondary N) is 1. The highest BCUT2D eigenvalue weighted by atomic mass is 35.5. The third-order valence-electron chi connectivity index (χ3n) is 5.54. The van der Waals surface area contributed by atoms with Gasteiger partial charge in [0.25, 0.3) is 5.91 Å². The minimum Gasteiger partial charge on any atom is -0.490 e. The van der Waals surface area contributed by atoms with Crippen molar-refractivity contribution in [2.45, 2.75) is 37.8 Å². The van der Waals surface area contributed by atoms with E-state index in [-0.39, 0.29) is 12.0 Å². The van der Waals surface area contributed by atoms with Gasteiger partial charge in [-0.05, 0) is 56.8 Å². The van der Waals surface area contributed by atoms with Crippen molar-refractivity contribution in [1.29, 1.82) is 0 Å². The fraction of sp³-hybridized carbons (Fsp3) is 0.500. The van der Waals surface area contributed by atoms with E-state index in [0.29, 0.717) is 29.8 Å². The highest BCUT2D eigenvalue weighted by Gasteiger charge is 2.28. The molecule has 7 heteroatoms. The van der Waals surface area contributed by atoms with E-state index in [4.69, 9.17) is 16.3 Å². The average molecular weight is 389 g/mol. The van der Waals surface area contributed by atoms with Crippen molar-refractivity contribution in [1.82, 2.24) is 20.0 Å². The summed E-state index contributed by atoms with van der Waals surface area (Å²) in [5.41, 5.74) is 1.56. The molecule has 1 atom stereocenters. The van der Waals surface area contributed by atoms with Gasteiger partial charge in [0.1, 0.15) is 17.5 Å². The lowest BCUT2D eigenvalue weighted by molar-refractivity contribution is 0.0590. The summed E-state index contributed by atoms with van der Waals surface area (Å²) < 4.78 is 6.00. The quantitative estimate of drug-likeness (QED) is 0.870. The van der Waals surface area contributed by atoms with Crippen LogP contribution < -0.4 is 4.74 Å². The van der Waals surface area contributed by atoms with Crippen LogP contribution in [0.2, 0.25) is 5.02 Å². The molecule has 3 heterocycles. The Balaban J connectivity index is 1.32. The summed E-state index contributed by atoms with van der Waals surface area (Å²) in [5.74, 6) is 0.824. The Hall–Kier alpha value is -2.05. The number of carbonyl (C=O) groups is 1. The van der Waals surface area contributed by atoms with Gasteiger partial charge in [-0.2, -0.15) is 5.10 Å². The van der Waals surface area contributed by atoms with E-state index < -0.39 is 0 Å². The third-order valence-corrected chi connectivity index (χ3v) is 5.79. The van der Waals surface area contributed by atoms with Crippen LogP contribution in [0, 0.1) is 0 Å². The molecule has 2 saturated heterocycles. The zero-order chi connectivity index (χ0) is 18.8. The molecule has 2 aliphatic rings. The highest BCUT2D eigenvalue weighted by Crippen LogP contribution is 2.29. The molecule has 144 valence electrons. The van der Waals surface area contributed by atoms with Crippen LogP contribution in [0.15, 0.2) is 30.3 Å². The van der Waals surface area contributed by atoms with Crippen LogP contribution in [0.4, 0.5) is 0 Å². The number of ether oxygens (including phenoxy) is 1. The first-order valence-electron chi connectivity index (χ1n) is 9.57. The molecule has 0 saturated carbocycles. The average Bonchev–Trinajstić information content (AvgIpc) is 3.32. The Bertz CT molecular complexity index is 784. The Morgan fingerprint density at radius 3 is 2.59 bits per heavy atom. The van der Waals surface area contributed by atoms with E-state index in [1.165, 1.54) is 6.42 Å². The number of likely N-dealkylation sites (tertiary alicyclic amines) is 2. The van der Waals surface area contributed by atoms with E-state index in [1.54, 1.807) is 0 Å². The number of hydrogen-bond acceptors (Lipinski definition) is 4. The Morgan fingerprint density at radius 1 is 1.19 bits per heavy atom. The summed E-state index contributed by atoms with van der Waals surface area (Å²) in [4.78, 5) is 17.0. The third kappa shape index (κ3) is 4.12. The lowest BCUT2D eigenvalue weighted by Crippen LogP contribution is -2.41. The Labute approximate surface area is 164 Å². The van der Waals surface area contributed by atoms with Crippen molar-refractivity contribution >= 4 is 17.5 Å². The number of amides is 1. The Kier molecular flexibility index (Phi) is 5.36. The molecule has 1 unspecified atom stereocenters. The minimum atomic E-state index is 0.00286. The van der Waals surface area contributed by atoms with Crippen LogP contribution in [0.3, 0.4) is 0 Å². The molecule has 1 aromatic carbocycles. The highest BCUT2D eigenvalue weighted by molar-refractivity contribution is 6.30. The topological polar surface area (TPSA) is 61.5 Å². The fourth-order valence-electron chi connectivity index (χ4n) is 3.96. The zero-order valence-electron chi connectivity index (χ0n) is 15.5. The van der Waals surface area contributed by atoms with Crippen LogP contribution in [0.5, 0.6) is 5.75 Å². The van der Waals surface area contributed by atoms with E-state index in [9.17, 15) is 4.79 Å². The summed E-state index contributed by atoms with van der Waals surface area (Å²) in [6.07, 6.45) is 4.05. The molecule has 6 nitrogen and oxygen atoms in total. The number of H-pyrrole nitrogens is 1. The number of carbonyl (C=O) groups excluding carboxylic acids is 1. The molecule has 1 aromatic heterocycles. The number of aromatic amines is 1. The maximum absolute atomic E-state index is 12.8. The van der Waals surface area contributed by atoms with E-state index in [0.717, 1.165) is 37.3 Å². The second kappa shape index (κ2) is 7.90. The maximum atomic E-state index is 12.8. The maximum Gasteiger partial charge on any atom is 0.274 e. The van der Waals surface area contributed by atoms with E-state index >= 15 is 0 Å². The van der Waals surface area contributed by atoms with Gasteiger partial charge >= 0.3 is 0 Å². The van der Waals surface area contributed by atoms with Crippen LogP contribution in [0.1, 0.15) is 47.9 Å². The smallest absolute Gasteiger partial charge is 0.274 e. The fourth-order valence-corrected chi connectivity index (χ4v) is 4.09. The van der Waals surface area contributed by atoms with Crippen molar-refractivity contribution in [3.05, 3.63) is 46.7 Å². The van der Waals surface area contributed by atoms with Gasteiger partial charge in [-0.1, -0.05) is 11.6 Å². The number of rotatable bonds is 4. The van der Waals surface area contributed by atoms with Gasteiger partial charge in [0, 0.05) is 31.0 Å². The van der Waals surface area contributed by atoms with Crippen LogP contribution in [-0.4, -0.2) is 58.7 Å². The molecule has 4 rings (SSSR count). The first kappa shape index (κ1) is 18.3. The summed E-state index contributed by atoms with van der Waals surface area (Å²) >= 11 is 5.91. The molecular formula is C20H25ClN4O2. The van der Waals surface area contributed by atoms with Crippen LogP contribution in [0.25, 0.3) is 0 Å². The lowest BCUT2D eigenvalue weighted by Gasteiger charge is -2.31. The first-order chi connectivity index (χ1) is 13.1. The largest absolute Gasteiger partial charge is 0.490 e. The molecule has 0 radical (unpaired) electrons. The molecular weight excluding hydrogens is 364 g/mol. The predicted octanol–water partition coefficient (Wildman–Crippen LogP) is 3.51. The number of nitrogens with zero attached hydrogens (tertiary/aromatic N) is 3. The van der Waals surface area contributed by atoms with E-state index in [2.05, 4.69) is 22.1 Å². The molecule has 27 heavy (non-hydrogen) atoms. The van der Waals surface area contributed by atoms with E-state index in [1.807, 2.05) is 35.2 Å². The molecule has 1 N–H and O–H groups in total. The first-order valence-corrected chi connectivity index (χ1v) is 9.95. The van der Waals surface area contributed by atoms with Crippen molar-refractivity contribution in [3.63, 3.8) is 0 Å². The van der Waals surface area contributed by atoms with Gasteiger partial charge in [-0.25, -0.2) is 0 Å². The molecule has 0 spiro atoms. The number of aromatic nitrogens is 2. The van der Waals surface area contributed by atoms with Crippen LogP contribution in [-0.2, 0) is 0 Å². The molecule has 1 amide bonds. The number of hydrogen-bond donors (Lipinski definition) is 1. The van der Waals surface area contributed by atoms with Crippen molar-refractivity contribution in [2.75, 3.05) is 26.7 Å². The van der Waals surface area contributed by atoms with Gasteiger partial charge < -0.3 is 9.64 Å². The Morgan fingerprint density at radius 2 is 1.93 bits per heavy atom. The van der Waals surface area contributed by atoms with Gasteiger partial charge in [-0.15, -0.1) is 0 Å². The number of benzene rings is 1. The summed E-state index contributed by atoms with van der Waals surface area (Å²) in [6.45, 7) is 2.46. The summed E-state index contributed by atoms with van der Waals surface area (Å²) in [5, 5.41) is 8.05. The van der Waals surface area contributed by atoms with Gasteiger partial charge in [0.2, 0.25) is 0 Å². The SMILES string of the molecule is CN1CCCC1c1cc(C(=O)N2CCC(Oc3ccc(Cl)cc3)CC2)n[nH]1. The monoisotopic (exact) mass is 388 g/mol. The predicted molar refractivity (Wildman–Crippen MR) is 104 cm³/mol. The summed E-state index contributed by atoms with van der Waals surface area (Å²) in [7, 11) is 2.12. The lowest BCUT2D eigenvalue weighted by atomic mass is 10.1. The normalized spacial score (nSPS) is 21.6. The molecule has 2 aliphatic heterocycles. The van der Waals surface area contributed by atoms with Gasteiger partial charge in [0.05, 0.1) is 11.7 Å². The van der Waals surface area contributed by atoms with Gasteiger partial charge in [0.15, 0.2) is 0 Å². The van der Waals surface area contributed by atoms with Crippen molar-refractivity contribution in [2.24, 2.45) is 0 Å². The van der Waals surface area contributed by atoms with Crippen molar-refractivity contribution in [3.8, 4) is 5.75 Å². The van der Waals surface area contributed by atoms with Crippen molar-refractivity contribution < 1.29 is 9.53 Å². The molecule has 0 bridgehead atoms. The molecule has 0 aliphatic carbocycles. The minimum absolute atomic E-state index is 0.00286. The molecule has 2 fully saturated rings. The number of piperidine rings is 1. The standard InChI is InChI=1S/C20H25ClN4O2/c1-24-10-2-3-19(24)17-13-18(23-22-17)20(26)25-11-8-16(9-12-25)27-15-6-4-14(21)5-7-15/h4-7,13,16,19H,2-3,8-12H2,1H3,(H,22,23). The zero-order valence-corrected chi connectivity index (χ0v) is 16.3. The number of halogens is 1. The second-order valence-corrected chi connectivity index (χ2v) is 7.85.